The van der Waals surface area contributed by atoms with Crippen molar-refractivity contribution in [2.24, 2.45) is 0 Å². The lowest BCUT2D eigenvalue weighted by atomic mass is 9.88. The maximum absolute atomic E-state index is 14.7. The molecular weight excluding hydrogens is 549 g/mol. The molecule has 0 spiro atoms. The van der Waals surface area contributed by atoms with Crippen molar-refractivity contribution in [3.8, 4) is 6.07 Å². The molecule has 0 fully saturated rings. The monoisotopic (exact) mass is 572 g/mol. The fourth-order valence-corrected chi connectivity index (χ4v) is 7.35. The SMILES string of the molecule is CSC1=CC(C)(S(=O)(=O)n2ccc3c(C(O)(c4nc5ccc(C#N)cc5[nH]4)C(F)(F)F)ccc(C)c32)CC=C1. The van der Waals surface area contributed by atoms with Crippen molar-refractivity contribution in [1.29, 1.82) is 5.26 Å². The Bertz CT molecular complexity index is 1850. The number of aromatic amines is 1. The Kier molecular flexibility index (Phi) is 6.25. The first-order valence-corrected chi connectivity index (χ1v) is 14.4. The van der Waals surface area contributed by atoms with Gasteiger partial charge in [-0.3, -0.25) is 0 Å². The summed E-state index contributed by atoms with van der Waals surface area (Å²) in [5, 5.41) is 20.5. The van der Waals surface area contributed by atoms with Crippen molar-refractivity contribution < 1.29 is 26.7 Å². The molecule has 7 nitrogen and oxygen atoms in total. The number of nitriles is 1. The number of rotatable bonds is 5. The first-order valence-electron chi connectivity index (χ1n) is 11.8. The number of imidazole rings is 1. The molecule has 0 amide bonds. The molecule has 2 atom stereocenters. The topological polar surface area (TPSA) is 112 Å². The molecule has 202 valence electrons. The van der Waals surface area contributed by atoms with E-state index in [9.17, 15) is 26.7 Å². The van der Waals surface area contributed by atoms with Gasteiger partial charge in [-0.15, -0.1) is 11.8 Å². The van der Waals surface area contributed by atoms with Gasteiger partial charge in [0.1, 0.15) is 4.75 Å². The summed E-state index contributed by atoms with van der Waals surface area (Å²) in [6.07, 6.45) is 3.24. The summed E-state index contributed by atoms with van der Waals surface area (Å²) >= 11 is 1.39. The van der Waals surface area contributed by atoms with Crippen LogP contribution in [0.5, 0.6) is 0 Å². The third-order valence-electron chi connectivity index (χ3n) is 7.11. The molecule has 0 radical (unpaired) electrons. The number of nitrogens with one attached hydrogen (secondary N) is 1. The minimum Gasteiger partial charge on any atom is -0.370 e. The van der Waals surface area contributed by atoms with Gasteiger partial charge in [0.05, 0.1) is 28.2 Å². The second-order valence-electron chi connectivity index (χ2n) is 9.62. The summed E-state index contributed by atoms with van der Waals surface area (Å²) < 4.78 is 71.8. The Morgan fingerprint density at radius 1 is 1.23 bits per heavy atom. The Morgan fingerprint density at radius 3 is 2.64 bits per heavy atom. The maximum Gasteiger partial charge on any atom is 0.428 e. The van der Waals surface area contributed by atoms with Gasteiger partial charge in [0.2, 0.25) is 15.6 Å². The van der Waals surface area contributed by atoms with E-state index in [-0.39, 0.29) is 33.9 Å². The van der Waals surface area contributed by atoms with Gasteiger partial charge in [0.15, 0.2) is 5.82 Å². The number of fused-ring (bicyclic) bond motifs is 2. The van der Waals surface area contributed by atoms with Crippen LogP contribution in [-0.4, -0.2) is 44.6 Å². The van der Waals surface area contributed by atoms with Crippen molar-refractivity contribution in [3.05, 3.63) is 88.2 Å². The highest BCUT2D eigenvalue weighted by Gasteiger charge is 2.59. The standard InChI is InChI=1S/C27H23F3N4O3S2/c1-16-6-8-20(26(35,27(28,29)30)24-32-21-9-7-17(15-31)13-22(21)33-24)19-10-12-34(23(16)19)39(36,37)25(2)11-4-5-18(14-25)38-3/h4-10,12-14,35H,11H2,1-3H3,(H,32,33). The summed E-state index contributed by atoms with van der Waals surface area (Å²) in [4.78, 5) is 7.30. The van der Waals surface area contributed by atoms with Crippen LogP contribution in [0.2, 0.25) is 0 Å². The van der Waals surface area contributed by atoms with Crippen LogP contribution in [-0.2, 0) is 15.6 Å². The van der Waals surface area contributed by atoms with E-state index in [0.29, 0.717) is 5.56 Å². The van der Waals surface area contributed by atoms with Crippen molar-refractivity contribution in [1.82, 2.24) is 13.9 Å². The second-order valence-corrected chi connectivity index (χ2v) is 12.8. The predicted molar refractivity (Wildman–Crippen MR) is 145 cm³/mol. The van der Waals surface area contributed by atoms with E-state index in [0.717, 1.165) is 14.9 Å². The molecule has 0 bridgehead atoms. The number of alkyl halides is 3. The van der Waals surface area contributed by atoms with Crippen LogP contribution in [0, 0.1) is 18.3 Å². The van der Waals surface area contributed by atoms with E-state index in [1.165, 1.54) is 48.3 Å². The Labute approximate surface area is 226 Å². The van der Waals surface area contributed by atoms with Crippen molar-refractivity contribution in [2.45, 2.75) is 36.8 Å². The number of aromatic nitrogens is 3. The van der Waals surface area contributed by atoms with Gasteiger partial charge >= 0.3 is 6.18 Å². The fourth-order valence-electron chi connectivity index (χ4n) is 4.92. The van der Waals surface area contributed by atoms with Crippen LogP contribution in [0.25, 0.3) is 21.9 Å². The van der Waals surface area contributed by atoms with Gasteiger partial charge < -0.3 is 10.1 Å². The van der Waals surface area contributed by atoms with Crippen LogP contribution in [0.3, 0.4) is 0 Å². The van der Waals surface area contributed by atoms with Crippen LogP contribution in [0.4, 0.5) is 13.2 Å². The smallest absolute Gasteiger partial charge is 0.370 e. The second kappa shape index (κ2) is 9.01. The normalized spacial score (nSPS) is 19.7. The number of hydrogen-bond donors (Lipinski definition) is 2. The third-order valence-corrected chi connectivity index (χ3v) is 10.1. The number of aliphatic hydroxyl groups is 1. The molecule has 12 heteroatoms. The Morgan fingerprint density at radius 2 is 1.97 bits per heavy atom. The largest absolute Gasteiger partial charge is 0.428 e. The van der Waals surface area contributed by atoms with E-state index in [2.05, 4.69) is 9.97 Å². The molecule has 5 rings (SSSR count). The number of thioether (sulfide) groups is 1. The summed E-state index contributed by atoms with van der Waals surface area (Å²) in [5.41, 5.74) is -3.25. The lowest BCUT2D eigenvalue weighted by Gasteiger charge is -2.31. The molecular formula is C27H23F3N4O3S2. The number of aryl methyl sites for hydroxylation is 1. The summed E-state index contributed by atoms with van der Waals surface area (Å²) in [5.74, 6) is -0.794. The molecule has 1 aliphatic rings. The molecule has 0 saturated heterocycles. The predicted octanol–water partition coefficient (Wildman–Crippen LogP) is 5.64. The van der Waals surface area contributed by atoms with Gasteiger partial charge in [-0.1, -0.05) is 24.3 Å². The van der Waals surface area contributed by atoms with Crippen LogP contribution in [0.15, 0.2) is 65.7 Å². The number of allylic oxidation sites excluding steroid dienone is 2. The van der Waals surface area contributed by atoms with E-state index in [1.54, 1.807) is 26.0 Å². The molecule has 2 unspecified atom stereocenters. The molecule has 2 aromatic heterocycles. The first kappa shape index (κ1) is 27.1. The number of halogens is 3. The summed E-state index contributed by atoms with van der Waals surface area (Å²) in [6, 6.07) is 9.79. The Balaban J connectivity index is 1.76. The van der Waals surface area contributed by atoms with Crippen molar-refractivity contribution >= 4 is 43.7 Å². The van der Waals surface area contributed by atoms with Gasteiger partial charge in [0.25, 0.3) is 0 Å². The number of benzene rings is 2. The minimum atomic E-state index is -5.24. The van der Waals surface area contributed by atoms with E-state index in [1.807, 2.05) is 18.4 Å². The molecule has 2 heterocycles. The van der Waals surface area contributed by atoms with Gasteiger partial charge in [-0.2, -0.15) is 18.4 Å². The van der Waals surface area contributed by atoms with Gasteiger partial charge in [-0.25, -0.2) is 17.4 Å². The quantitative estimate of drug-likeness (QED) is 0.320. The Hall–Kier alpha value is -3.53. The average molecular weight is 573 g/mol. The third kappa shape index (κ3) is 3.99. The fraction of sp³-hybridized carbons (Fsp3) is 0.259. The summed E-state index contributed by atoms with van der Waals surface area (Å²) in [7, 11) is -4.14. The van der Waals surface area contributed by atoms with Gasteiger partial charge in [-0.05, 0) is 62.4 Å². The average Bonchev–Trinajstić information content (AvgIpc) is 3.53. The number of hydrogen-bond acceptors (Lipinski definition) is 6. The zero-order valence-electron chi connectivity index (χ0n) is 21.0. The lowest BCUT2D eigenvalue weighted by Crippen LogP contribution is -2.44. The van der Waals surface area contributed by atoms with Crippen molar-refractivity contribution in [2.75, 3.05) is 6.26 Å². The molecule has 1 aliphatic carbocycles. The van der Waals surface area contributed by atoms with E-state index >= 15 is 0 Å². The number of nitrogens with zero attached hydrogens (tertiary/aromatic N) is 3. The van der Waals surface area contributed by atoms with Crippen LogP contribution in [0.1, 0.15) is 35.9 Å². The number of H-pyrrole nitrogens is 1. The summed E-state index contributed by atoms with van der Waals surface area (Å²) in [6.45, 7) is 3.17. The molecule has 2 aromatic carbocycles. The first-order chi connectivity index (χ1) is 18.3. The minimum absolute atomic E-state index is 0.0351. The molecule has 0 saturated carbocycles. The van der Waals surface area contributed by atoms with E-state index < -0.39 is 37.9 Å². The van der Waals surface area contributed by atoms with Crippen molar-refractivity contribution in [3.63, 3.8) is 0 Å². The molecule has 39 heavy (non-hydrogen) atoms. The van der Waals surface area contributed by atoms with Gasteiger partial charge in [0, 0.05) is 22.1 Å². The van der Waals surface area contributed by atoms with Crippen LogP contribution < -0.4 is 0 Å². The highest BCUT2D eigenvalue weighted by atomic mass is 32.2. The molecule has 0 aliphatic heterocycles. The highest BCUT2D eigenvalue weighted by molar-refractivity contribution is 8.02. The lowest BCUT2D eigenvalue weighted by molar-refractivity contribution is -0.250. The van der Waals surface area contributed by atoms with E-state index in [4.69, 9.17) is 5.26 Å². The molecule has 4 aromatic rings. The highest BCUT2D eigenvalue weighted by Crippen LogP contribution is 2.47. The zero-order valence-corrected chi connectivity index (χ0v) is 22.7. The van der Waals surface area contributed by atoms with Crippen LogP contribution >= 0.6 is 11.8 Å². The maximum atomic E-state index is 14.7. The zero-order chi connectivity index (χ0) is 28.4. The molecule has 2 N–H and O–H groups in total.